The fraction of sp³-hybridized carbons (Fsp3) is 0.316. The average Bonchev–Trinajstić information content (AvgIpc) is 2.86. The van der Waals surface area contributed by atoms with Crippen LogP contribution in [0.5, 0.6) is 0 Å². The zero-order valence-electron chi connectivity index (χ0n) is 14.6. The molecule has 2 N–H and O–H groups in total. The zero-order chi connectivity index (χ0) is 18.0. The minimum Gasteiger partial charge on any atom is -0.361 e. The van der Waals surface area contributed by atoms with E-state index < -0.39 is 0 Å². The van der Waals surface area contributed by atoms with Crippen molar-refractivity contribution in [2.24, 2.45) is 0 Å². The van der Waals surface area contributed by atoms with Gasteiger partial charge in [-0.1, -0.05) is 24.6 Å². The molecule has 0 aliphatic heterocycles. The van der Waals surface area contributed by atoms with Crippen molar-refractivity contribution in [2.45, 2.75) is 40.0 Å². The van der Waals surface area contributed by atoms with E-state index in [1.807, 2.05) is 19.1 Å². The predicted molar refractivity (Wildman–Crippen MR) is 96.9 cm³/mol. The number of carbonyl (C=O) groups excluding carboxylic acids is 1. The molecule has 1 amide bonds. The lowest BCUT2D eigenvalue weighted by molar-refractivity contribution is -0.115. The molecule has 0 radical (unpaired) electrons. The molecule has 3 rings (SSSR count). The van der Waals surface area contributed by atoms with Crippen LogP contribution in [0.15, 0.2) is 33.6 Å². The average molecular weight is 339 g/mol. The molecule has 0 spiro atoms. The van der Waals surface area contributed by atoms with Crippen molar-refractivity contribution in [1.82, 2.24) is 10.1 Å². The minimum absolute atomic E-state index is 0.129. The molecule has 0 bridgehead atoms. The Morgan fingerprint density at radius 3 is 2.76 bits per heavy atom. The Bertz CT molecular complexity index is 966. The molecule has 0 saturated heterocycles. The number of H-pyrrole nitrogens is 1. The first-order chi connectivity index (χ1) is 12.0. The summed E-state index contributed by atoms with van der Waals surface area (Å²) in [7, 11) is 0. The number of hydrogen-bond donors (Lipinski definition) is 2. The quantitative estimate of drug-likeness (QED) is 0.747. The Hall–Kier alpha value is -2.89. The van der Waals surface area contributed by atoms with Gasteiger partial charge in [-0.25, -0.2) is 0 Å². The highest BCUT2D eigenvalue weighted by Crippen LogP contribution is 2.21. The molecule has 0 atom stereocenters. The van der Waals surface area contributed by atoms with Gasteiger partial charge in [-0.05, 0) is 38.0 Å². The summed E-state index contributed by atoms with van der Waals surface area (Å²) < 4.78 is 5.08. The maximum absolute atomic E-state index is 12.3. The SMILES string of the molecule is CCCc1cc(=O)[nH]c2cc(NC(=O)Cc3c(C)noc3C)ccc12. The number of nitrogens with zero attached hydrogens (tertiary/aromatic N) is 1. The number of anilines is 1. The summed E-state index contributed by atoms with van der Waals surface area (Å²) in [4.78, 5) is 27.0. The van der Waals surface area contributed by atoms with Crippen molar-refractivity contribution in [3.05, 3.63) is 57.2 Å². The third-order valence-electron chi connectivity index (χ3n) is 4.25. The smallest absolute Gasteiger partial charge is 0.248 e. The van der Waals surface area contributed by atoms with Crippen molar-refractivity contribution in [2.75, 3.05) is 5.32 Å². The summed E-state index contributed by atoms with van der Waals surface area (Å²) in [6.07, 6.45) is 2.01. The molecule has 6 nitrogen and oxygen atoms in total. The highest BCUT2D eigenvalue weighted by atomic mass is 16.5. The van der Waals surface area contributed by atoms with Crippen LogP contribution >= 0.6 is 0 Å². The number of nitrogens with one attached hydrogen (secondary N) is 2. The van der Waals surface area contributed by atoms with E-state index in [4.69, 9.17) is 4.52 Å². The predicted octanol–water partition coefficient (Wildman–Crippen LogP) is 3.27. The van der Waals surface area contributed by atoms with Gasteiger partial charge in [0.05, 0.1) is 17.6 Å². The molecule has 130 valence electrons. The van der Waals surface area contributed by atoms with Gasteiger partial charge in [0.15, 0.2) is 0 Å². The first kappa shape index (κ1) is 17.0. The van der Waals surface area contributed by atoms with Gasteiger partial charge in [-0.15, -0.1) is 0 Å². The van der Waals surface area contributed by atoms with E-state index in [0.717, 1.165) is 40.6 Å². The fourth-order valence-corrected chi connectivity index (χ4v) is 3.01. The van der Waals surface area contributed by atoms with Gasteiger partial charge in [0.25, 0.3) is 0 Å². The normalized spacial score (nSPS) is 11.0. The summed E-state index contributed by atoms with van der Waals surface area (Å²) in [5.74, 6) is 0.500. The molecular formula is C19H21N3O3. The van der Waals surface area contributed by atoms with Gasteiger partial charge >= 0.3 is 0 Å². The van der Waals surface area contributed by atoms with E-state index in [1.54, 1.807) is 19.1 Å². The number of hydrogen-bond acceptors (Lipinski definition) is 4. The van der Waals surface area contributed by atoms with Crippen molar-refractivity contribution in [3.63, 3.8) is 0 Å². The zero-order valence-corrected chi connectivity index (χ0v) is 14.6. The summed E-state index contributed by atoms with van der Waals surface area (Å²) >= 11 is 0. The second-order valence-electron chi connectivity index (χ2n) is 6.20. The van der Waals surface area contributed by atoms with E-state index in [2.05, 4.69) is 22.4 Å². The van der Waals surface area contributed by atoms with Crippen LogP contribution in [0.1, 0.15) is 35.9 Å². The molecule has 2 aromatic heterocycles. The van der Waals surface area contributed by atoms with Gasteiger partial charge in [0.2, 0.25) is 11.5 Å². The highest BCUT2D eigenvalue weighted by molar-refractivity contribution is 5.95. The Morgan fingerprint density at radius 1 is 1.28 bits per heavy atom. The molecule has 0 aliphatic carbocycles. The number of carbonyl (C=O) groups is 1. The third-order valence-corrected chi connectivity index (χ3v) is 4.25. The second kappa shape index (κ2) is 6.93. The lowest BCUT2D eigenvalue weighted by Gasteiger charge is -2.09. The molecule has 0 unspecified atom stereocenters. The number of aryl methyl sites for hydroxylation is 3. The number of aromatic amines is 1. The molecule has 2 heterocycles. The van der Waals surface area contributed by atoms with Crippen molar-refractivity contribution < 1.29 is 9.32 Å². The summed E-state index contributed by atoms with van der Waals surface area (Å²) in [6, 6.07) is 7.22. The number of pyridine rings is 1. The van der Waals surface area contributed by atoms with Crippen LogP contribution in [0.4, 0.5) is 5.69 Å². The second-order valence-corrected chi connectivity index (χ2v) is 6.20. The lowest BCUT2D eigenvalue weighted by atomic mass is 10.0. The minimum atomic E-state index is -0.152. The Kier molecular flexibility index (Phi) is 4.70. The first-order valence-corrected chi connectivity index (χ1v) is 8.35. The van der Waals surface area contributed by atoms with Crippen molar-refractivity contribution in [3.8, 4) is 0 Å². The number of rotatable bonds is 5. The van der Waals surface area contributed by atoms with E-state index in [0.29, 0.717) is 11.4 Å². The fourth-order valence-electron chi connectivity index (χ4n) is 3.01. The van der Waals surface area contributed by atoms with Crippen LogP contribution < -0.4 is 10.9 Å². The standard InChI is InChI=1S/C19H21N3O3/c1-4-5-13-8-18(23)21-17-9-14(6-7-15(13)17)20-19(24)10-16-11(2)22-25-12(16)3/h6-9H,4-5,10H2,1-3H3,(H,20,24)(H,21,23). The Morgan fingerprint density at radius 2 is 2.08 bits per heavy atom. The van der Waals surface area contributed by atoms with E-state index in [9.17, 15) is 9.59 Å². The highest BCUT2D eigenvalue weighted by Gasteiger charge is 2.14. The van der Waals surface area contributed by atoms with E-state index >= 15 is 0 Å². The molecule has 25 heavy (non-hydrogen) atoms. The van der Waals surface area contributed by atoms with Crippen LogP contribution in [0.2, 0.25) is 0 Å². The van der Waals surface area contributed by atoms with Gasteiger partial charge in [-0.2, -0.15) is 0 Å². The van der Waals surface area contributed by atoms with Crippen LogP contribution in [0.25, 0.3) is 10.9 Å². The monoisotopic (exact) mass is 339 g/mol. The summed E-state index contributed by atoms with van der Waals surface area (Å²) in [6.45, 7) is 5.68. The number of fused-ring (bicyclic) bond motifs is 1. The van der Waals surface area contributed by atoms with Crippen LogP contribution in [0.3, 0.4) is 0 Å². The van der Waals surface area contributed by atoms with Crippen molar-refractivity contribution in [1.29, 1.82) is 0 Å². The topological polar surface area (TPSA) is 88.0 Å². The Balaban J connectivity index is 1.84. The van der Waals surface area contributed by atoms with Crippen LogP contribution in [0, 0.1) is 13.8 Å². The van der Waals surface area contributed by atoms with Crippen LogP contribution in [-0.2, 0) is 17.6 Å². The Labute approximate surface area is 145 Å². The van der Waals surface area contributed by atoms with Gasteiger partial charge < -0.3 is 14.8 Å². The van der Waals surface area contributed by atoms with Crippen LogP contribution in [-0.4, -0.2) is 16.0 Å². The maximum atomic E-state index is 12.3. The number of amides is 1. The molecule has 1 aromatic carbocycles. The molecular weight excluding hydrogens is 318 g/mol. The summed E-state index contributed by atoms with van der Waals surface area (Å²) in [5, 5.41) is 7.73. The molecule has 0 aliphatic rings. The lowest BCUT2D eigenvalue weighted by Crippen LogP contribution is -2.15. The first-order valence-electron chi connectivity index (χ1n) is 8.35. The third kappa shape index (κ3) is 3.63. The van der Waals surface area contributed by atoms with Gasteiger partial charge in [0, 0.05) is 22.7 Å². The number of aromatic nitrogens is 2. The van der Waals surface area contributed by atoms with Gasteiger partial charge in [0.1, 0.15) is 5.76 Å². The van der Waals surface area contributed by atoms with E-state index in [-0.39, 0.29) is 17.9 Å². The molecule has 3 aromatic rings. The van der Waals surface area contributed by atoms with Crippen molar-refractivity contribution >= 4 is 22.5 Å². The molecule has 6 heteroatoms. The molecule has 0 saturated carbocycles. The summed E-state index contributed by atoms with van der Waals surface area (Å²) in [5.41, 5.74) is 3.79. The number of benzene rings is 1. The van der Waals surface area contributed by atoms with Gasteiger partial charge in [-0.3, -0.25) is 9.59 Å². The largest absolute Gasteiger partial charge is 0.361 e. The van der Waals surface area contributed by atoms with E-state index in [1.165, 1.54) is 0 Å². The molecule has 0 fully saturated rings. The maximum Gasteiger partial charge on any atom is 0.248 e.